The summed E-state index contributed by atoms with van der Waals surface area (Å²) in [6.07, 6.45) is 1.96. The van der Waals surface area contributed by atoms with Gasteiger partial charge in [-0.1, -0.05) is 0 Å². The van der Waals surface area contributed by atoms with E-state index >= 15 is 0 Å². The first-order chi connectivity index (χ1) is 9.47. The molecule has 0 bridgehead atoms. The zero-order valence-electron chi connectivity index (χ0n) is 10.5. The van der Waals surface area contributed by atoms with E-state index in [2.05, 4.69) is 5.32 Å². The average molecular weight is 283 g/mol. The van der Waals surface area contributed by atoms with Gasteiger partial charge in [0.05, 0.1) is 4.92 Å². The van der Waals surface area contributed by atoms with Crippen molar-refractivity contribution in [1.82, 2.24) is 5.32 Å². The number of hydrogen-bond donors (Lipinski definition) is 2. The van der Waals surface area contributed by atoms with Gasteiger partial charge in [-0.25, -0.2) is 0 Å². The van der Waals surface area contributed by atoms with Crippen molar-refractivity contribution in [2.24, 2.45) is 5.73 Å². The monoisotopic (exact) mass is 283 g/mol. The lowest BCUT2D eigenvalue weighted by atomic mass is 10.2. The topological polar surface area (TPSA) is 107 Å². The predicted octanol–water partition coefficient (Wildman–Crippen LogP) is 0.719. The lowest BCUT2D eigenvalue weighted by Crippen LogP contribution is -2.46. The summed E-state index contributed by atoms with van der Waals surface area (Å²) in [6, 6.07) is 2.80. The number of nitro benzene ring substituents is 1. The van der Waals surface area contributed by atoms with Gasteiger partial charge in [0.1, 0.15) is 18.4 Å². The highest BCUT2D eigenvalue weighted by Crippen LogP contribution is 2.23. The second-order valence-corrected chi connectivity index (χ2v) is 4.58. The molecule has 1 aromatic carbocycles. The van der Waals surface area contributed by atoms with Gasteiger partial charge in [0.15, 0.2) is 0 Å². The summed E-state index contributed by atoms with van der Waals surface area (Å²) < 4.78 is 18.6. The van der Waals surface area contributed by atoms with Crippen molar-refractivity contribution in [2.75, 3.05) is 6.61 Å². The highest BCUT2D eigenvalue weighted by molar-refractivity contribution is 5.80. The average Bonchev–Trinajstić information content (AvgIpc) is 3.17. The Bertz CT molecular complexity index is 533. The van der Waals surface area contributed by atoms with Crippen molar-refractivity contribution in [3.8, 4) is 5.75 Å². The number of nitrogens with two attached hydrogens (primary N) is 1. The van der Waals surface area contributed by atoms with Crippen LogP contribution in [-0.4, -0.2) is 29.5 Å². The van der Waals surface area contributed by atoms with Gasteiger partial charge in [0.2, 0.25) is 11.7 Å². The van der Waals surface area contributed by atoms with Gasteiger partial charge in [-0.05, 0) is 18.9 Å². The summed E-state index contributed by atoms with van der Waals surface area (Å²) >= 11 is 0. The fourth-order valence-electron chi connectivity index (χ4n) is 1.65. The van der Waals surface area contributed by atoms with Gasteiger partial charge in [0, 0.05) is 18.2 Å². The van der Waals surface area contributed by atoms with Crippen LogP contribution in [0, 0.1) is 15.9 Å². The molecule has 108 valence electrons. The van der Waals surface area contributed by atoms with Gasteiger partial charge < -0.3 is 15.8 Å². The quantitative estimate of drug-likeness (QED) is 0.566. The summed E-state index contributed by atoms with van der Waals surface area (Å²) in [6.45, 7) is -0.0525. The van der Waals surface area contributed by atoms with Crippen molar-refractivity contribution in [3.05, 3.63) is 34.1 Å². The maximum Gasteiger partial charge on any atom is 0.305 e. The number of nitrogens with zero attached hydrogens (tertiary/aromatic N) is 1. The van der Waals surface area contributed by atoms with E-state index in [1.54, 1.807) is 0 Å². The van der Waals surface area contributed by atoms with Crippen LogP contribution in [0.3, 0.4) is 0 Å². The summed E-state index contributed by atoms with van der Waals surface area (Å²) in [5.74, 6) is -1.44. The molecule has 1 aromatic rings. The molecule has 0 spiro atoms. The van der Waals surface area contributed by atoms with Gasteiger partial charge in [-0.15, -0.1) is 0 Å². The van der Waals surface area contributed by atoms with Crippen LogP contribution in [0.15, 0.2) is 18.2 Å². The Morgan fingerprint density at radius 2 is 2.30 bits per heavy atom. The van der Waals surface area contributed by atoms with Crippen LogP contribution < -0.4 is 15.8 Å². The molecule has 0 heterocycles. The molecule has 0 saturated heterocycles. The maximum absolute atomic E-state index is 13.4. The molecule has 1 unspecified atom stereocenters. The summed E-state index contributed by atoms with van der Waals surface area (Å²) in [5, 5.41) is 13.5. The van der Waals surface area contributed by atoms with Crippen LogP contribution in [0.1, 0.15) is 12.8 Å². The zero-order valence-corrected chi connectivity index (χ0v) is 10.5. The molecule has 0 radical (unpaired) electrons. The Morgan fingerprint density at radius 3 is 2.80 bits per heavy atom. The number of carbonyl (C=O) groups is 1. The second kappa shape index (κ2) is 5.83. The van der Waals surface area contributed by atoms with Crippen molar-refractivity contribution in [2.45, 2.75) is 24.9 Å². The fraction of sp³-hybridized carbons (Fsp3) is 0.417. The van der Waals surface area contributed by atoms with E-state index in [1.165, 1.54) is 6.07 Å². The van der Waals surface area contributed by atoms with Crippen LogP contribution in [0.4, 0.5) is 10.1 Å². The molecular formula is C12H14FN3O4. The number of ether oxygens (including phenoxy) is 1. The van der Waals surface area contributed by atoms with E-state index in [9.17, 15) is 19.3 Å². The molecule has 0 aromatic heterocycles. The molecule has 1 aliphatic rings. The molecule has 20 heavy (non-hydrogen) atoms. The Morgan fingerprint density at radius 1 is 1.60 bits per heavy atom. The van der Waals surface area contributed by atoms with E-state index < -0.39 is 28.4 Å². The largest absolute Gasteiger partial charge is 0.491 e. The first-order valence-electron chi connectivity index (χ1n) is 6.09. The third-order valence-corrected chi connectivity index (χ3v) is 2.89. The number of halogens is 1. The van der Waals surface area contributed by atoms with Crippen LogP contribution in [0.25, 0.3) is 0 Å². The van der Waals surface area contributed by atoms with Gasteiger partial charge in [-0.3, -0.25) is 14.9 Å². The summed E-state index contributed by atoms with van der Waals surface area (Å²) in [5.41, 5.74) is 4.60. The van der Waals surface area contributed by atoms with E-state index in [4.69, 9.17) is 10.5 Å². The van der Waals surface area contributed by atoms with Crippen LogP contribution in [-0.2, 0) is 4.79 Å². The molecule has 1 aliphatic carbocycles. The van der Waals surface area contributed by atoms with Gasteiger partial charge >= 0.3 is 5.69 Å². The number of primary amides is 1. The lowest BCUT2D eigenvalue weighted by molar-refractivity contribution is -0.387. The van der Waals surface area contributed by atoms with Crippen molar-refractivity contribution in [3.63, 3.8) is 0 Å². The van der Waals surface area contributed by atoms with Gasteiger partial charge in [-0.2, -0.15) is 4.39 Å². The Hall–Kier alpha value is -2.22. The highest BCUT2D eigenvalue weighted by atomic mass is 19.1. The summed E-state index contributed by atoms with van der Waals surface area (Å²) in [7, 11) is 0. The van der Waals surface area contributed by atoms with E-state index in [1.807, 2.05) is 0 Å². The minimum absolute atomic E-state index is 0.0525. The Kier molecular flexibility index (Phi) is 4.14. The molecular weight excluding hydrogens is 269 g/mol. The number of nitrogens with one attached hydrogen (secondary N) is 1. The number of benzene rings is 1. The number of hydrogen-bond acceptors (Lipinski definition) is 5. The number of amides is 1. The smallest absolute Gasteiger partial charge is 0.305 e. The third kappa shape index (κ3) is 3.64. The van der Waals surface area contributed by atoms with Crippen molar-refractivity contribution in [1.29, 1.82) is 0 Å². The van der Waals surface area contributed by atoms with E-state index in [0.29, 0.717) is 0 Å². The molecule has 1 fully saturated rings. The minimum Gasteiger partial charge on any atom is -0.491 e. The minimum atomic E-state index is -0.988. The molecule has 1 atom stereocenters. The Balaban J connectivity index is 1.96. The lowest BCUT2D eigenvalue weighted by Gasteiger charge is -2.15. The molecule has 7 nitrogen and oxygen atoms in total. The number of carbonyl (C=O) groups excluding carboxylic acids is 1. The van der Waals surface area contributed by atoms with Crippen LogP contribution in [0.2, 0.25) is 0 Å². The first kappa shape index (κ1) is 14.2. The molecule has 2 rings (SSSR count). The molecule has 1 amide bonds. The highest BCUT2D eigenvalue weighted by Gasteiger charge is 2.27. The number of nitro groups is 1. The van der Waals surface area contributed by atoms with Crippen LogP contribution in [0.5, 0.6) is 5.75 Å². The zero-order chi connectivity index (χ0) is 14.7. The second-order valence-electron chi connectivity index (χ2n) is 4.58. The van der Waals surface area contributed by atoms with E-state index in [-0.39, 0.29) is 18.4 Å². The third-order valence-electron chi connectivity index (χ3n) is 2.89. The molecule has 3 N–H and O–H groups in total. The van der Waals surface area contributed by atoms with Crippen molar-refractivity contribution >= 4 is 11.6 Å². The van der Waals surface area contributed by atoms with Gasteiger partial charge in [0.25, 0.3) is 0 Å². The van der Waals surface area contributed by atoms with E-state index in [0.717, 1.165) is 25.0 Å². The maximum atomic E-state index is 13.4. The first-order valence-corrected chi connectivity index (χ1v) is 6.09. The molecule has 8 heteroatoms. The molecule has 1 saturated carbocycles. The van der Waals surface area contributed by atoms with Crippen LogP contribution >= 0.6 is 0 Å². The molecule has 0 aliphatic heterocycles. The number of rotatable bonds is 7. The Labute approximate surface area is 114 Å². The predicted molar refractivity (Wildman–Crippen MR) is 67.7 cm³/mol. The SMILES string of the molecule is NC(=O)C(COc1ccc([N+](=O)[O-])c(F)c1)NC1CC1. The standard InChI is InChI=1S/C12H14FN3O4/c13-9-5-8(3-4-11(9)16(18)19)20-6-10(12(14)17)15-7-1-2-7/h3-5,7,10,15H,1-2,6H2,(H2,14,17). The fourth-order valence-corrected chi connectivity index (χ4v) is 1.65. The van der Waals surface area contributed by atoms with Crippen molar-refractivity contribution < 1.29 is 18.8 Å². The summed E-state index contributed by atoms with van der Waals surface area (Å²) in [4.78, 5) is 20.9. The normalized spacial score (nSPS) is 15.7.